The Morgan fingerprint density at radius 2 is 2.33 bits per heavy atom. The van der Waals surface area contributed by atoms with E-state index in [0.717, 1.165) is 6.54 Å². The van der Waals surface area contributed by atoms with Crippen LogP contribution in [0.3, 0.4) is 0 Å². The minimum atomic E-state index is 0.248. The molecule has 1 fully saturated rings. The van der Waals surface area contributed by atoms with Crippen molar-refractivity contribution in [2.75, 3.05) is 18.0 Å². The molecule has 64 valence electrons. The van der Waals surface area contributed by atoms with Crippen LogP contribution in [-0.4, -0.2) is 39.1 Å². The number of rotatable bonds is 1. The number of aryl methyl sites for hydroxylation is 1. The molecule has 1 aliphatic heterocycles. The summed E-state index contributed by atoms with van der Waals surface area (Å²) in [6.45, 7) is 1.17. The minimum absolute atomic E-state index is 0.248. The van der Waals surface area contributed by atoms with E-state index < -0.39 is 0 Å². The summed E-state index contributed by atoms with van der Waals surface area (Å²) in [7, 11) is 1.76. The summed E-state index contributed by atoms with van der Waals surface area (Å²) in [5.74, 6) is 0.916. The van der Waals surface area contributed by atoms with Crippen molar-refractivity contribution < 1.29 is 4.79 Å². The molecule has 0 aliphatic carbocycles. The Bertz CT molecular complexity index is 307. The summed E-state index contributed by atoms with van der Waals surface area (Å²) in [4.78, 5) is 12.8. The molecular weight excluding hydrogens is 158 g/mol. The van der Waals surface area contributed by atoms with Crippen LogP contribution in [0, 0.1) is 0 Å². The molecule has 1 aromatic heterocycles. The number of anilines is 1. The molecule has 1 aromatic rings. The quantitative estimate of drug-likeness (QED) is 0.536. The third-order valence-electron chi connectivity index (χ3n) is 1.91. The van der Waals surface area contributed by atoms with Gasteiger partial charge in [-0.2, -0.15) is 0 Å². The van der Waals surface area contributed by atoms with Gasteiger partial charge in [0.05, 0.1) is 6.54 Å². The third-order valence-corrected chi connectivity index (χ3v) is 1.91. The average molecular weight is 167 g/mol. The van der Waals surface area contributed by atoms with Gasteiger partial charge in [0.25, 0.3) is 0 Å². The van der Waals surface area contributed by atoms with Gasteiger partial charge in [0.1, 0.15) is 0 Å². The number of Topliss-reactive ketones (excluding diaryl/α,β-unsaturated/α-hetero) is 1. The van der Waals surface area contributed by atoms with Crippen molar-refractivity contribution in [2.45, 2.75) is 6.42 Å². The van der Waals surface area contributed by atoms with E-state index in [9.17, 15) is 4.79 Å². The van der Waals surface area contributed by atoms with E-state index in [1.807, 2.05) is 4.90 Å². The van der Waals surface area contributed by atoms with E-state index in [2.05, 4.69) is 15.5 Å². The lowest BCUT2D eigenvalue weighted by atomic mass is 10.4. The highest BCUT2D eigenvalue weighted by molar-refractivity contribution is 5.86. The van der Waals surface area contributed by atoms with Crippen LogP contribution < -0.4 is 4.90 Å². The molecule has 0 saturated carbocycles. The molecule has 0 amide bonds. The van der Waals surface area contributed by atoms with Gasteiger partial charge in [0, 0.05) is 20.0 Å². The van der Waals surface area contributed by atoms with Crippen LogP contribution in [0.15, 0.2) is 0 Å². The predicted molar refractivity (Wildman–Crippen MR) is 40.6 cm³/mol. The average Bonchev–Trinajstić information content (AvgIpc) is 2.58. The molecule has 0 atom stereocenters. The van der Waals surface area contributed by atoms with Crippen molar-refractivity contribution >= 4 is 11.7 Å². The number of carbonyl (C=O) groups excluding carboxylic acids is 1. The van der Waals surface area contributed by atoms with Crippen molar-refractivity contribution in [3.63, 3.8) is 0 Å². The molecule has 2 rings (SSSR count). The van der Waals surface area contributed by atoms with Gasteiger partial charge in [-0.25, -0.2) is 4.68 Å². The fourth-order valence-electron chi connectivity index (χ4n) is 1.29. The Labute approximate surface area is 69.2 Å². The van der Waals surface area contributed by atoms with Gasteiger partial charge in [-0.1, -0.05) is 5.10 Å². The van der Waals surface area contributed by atoms with Crippen molar-refractivity contribution in [1.82, 2.24) is 20.2 Å². The van der Waals surface area contributed by atoms with E-state index in [1.54, 1.807) is 11.7 Å². The molecular formula is C6H9N5O. The number of tetrazole rings is 1. The summed E-state index contributed by atoms with van der Waals surface area (Å²) < 4.78 is 1.57. The van der Waals surface area contributed by atoms with E-state index >= 15 is 0 Å². The smallest absolute Gasteiger partial charge is 0.245 e. The molecule has 6 nitrogen and oxygen atoms in total. The van der Waals surface area contributed by atoms with Crippen LogP contribution in [0.5, 0.6) is 0 Å². The van der Waals surface area contributed by atoms with Crippen molar-refractivity contribution in [1.29, 1.82) is 0 Å². The molecule has 0 radical (unpaired) electrons. The number of hydrogen-bond donors (Lipinski definition) is 0. The first kappa shape index (κ1) is 7.20. The van der Waals surface area contributed by atoms with Gasteiger partial charge in [-0.15, -0.1) is 0 Å². The second-order valence-corrected chi connectivity index (χ2v) is 2.81. The topological polar surface area (TPSA) is 63.9 Å². The van der Waals surface area contributed by atoms with Crippen LogP contribution in [0.4, 0.5) is 5.95 Å². The normalized spacial score (nSPS) is 17.4. The highest BCUT2D eigenvalue weighted by atomic mass is 16.1. The highest BCUT2D eigenvalue weighted by Crippen LogP contribution is 2.12. The molecule has 1 aliphatic rings. The highest BCUT2D eigenvalue weighted by Gasteiger charge is 2.22. The van der Waals surface area contributed by atoms with Crippen molar-refractivity contribution in [3.05, 3.63) is 0 Å². The van der Waals surface area contributed by atoms with Crippen LogP contribution in [-0.2, 0) is 11.8 Å². The standard InChI is InChI=1S/C6H9N5O/c1-10-6(7-8-9-10)11-3-2-5(12)4-11/h2-4H2,1H3. The number of aromatic nitrogens is 4. The predicted octanol–water partition coefficient (Wildman–Crippen LogP) is -1.01. The lowest BCUT2D eigenvalue weighted by Gasteiger charge is -2.12. The zero-order valence-corrected chi connectivity index (χ0v) is 6.77. The molecule has 12 heavy (non-hydrogen) atoms. The second-order valence-electron chi connectivity index (χ2n) is 2.81. The summed E-state index contributed by atoms with van der Waals surface area (Å²) in [6.07, 6.45) is 0.604. The number of carbonyl (C=O) groups is 1. The van der Waals surface area contributed by atoms with Crippen LogP contribution >= 0.6 is 0 Å². The maximum atomic E-state index is 10.9. The molecule has 0 spiro atoms. The summed E-state index contributed by atoms with van der Waals surface area (Å²) in [5, 5.41) is 11.0. The molecule has 0 bridgehead atoms. The fourth-order valence-corrected chi connectivity index (χ4v) is 1.29. The van der Waals surface area contributed by atoms with E-state index in [-0.39, 0.29) is 5.78 Å². The van der Waals surface area contributed by atoms with Crippen LogP contribution in [0.1, 0.15) is 6.42 Å². The van der Waals surface area contributed by atoms with Gasteiger partial charge in [-0.05, 0) is 10.4 Å². The zero-order valence-electron chi connectivity index (χ0n) is 6.77. The summed E-state index contributed by atoms with van der Waals surface area (Å²) in [5.41, 5.74) is 0. The van der Waals surface area contributed by atoms with Gasteiger partial charge in [0.2, 0.25) is 5.95 Å². The Kier molecular flexibility index (Phi) is 1.53. The van der Waals surface area contributed by atoms with Gasteiger partial charge in [0.15, 0.2) is 5.78 Å². The molecule has 2 heterocycles. The molecule has 0 unspecified atom stereocenters. The molecule has 0 N–H and O–H groups in total. The number of hydrogen-bond acceptors (Lipinski definition) is 5. The largest absolute Gasteiger partial charge is 0.332 e. The van der Waals surface area contributed by atoms with E-state index in [1.165, 1.54) is 0 Å². The lowest BCUT2D eigenvalue weighted by molar-refractivity contribution is -0.116. The number of ketones is 1. The third kappa shape index (κ3) is 1.05. The fraction of sp³-hybridized carbons (Fsp3) is 0.667. The van der Waals surface area contributed by atoms with Gasteiger partial charge in [-0.3, -0.25) is 4.79 Å². The van der Waals surface area contributed by atoms with Crippen LogP contribution in [0.2, 0.25) is 0 Å². The van der Waals surface area contributed by atoms with Crippen molar-refractivity contribution in [3.8, 4) is 0 Å². The van der Waals surface area contributed by atoms with Crippen molar-refractivity contribution in [2.24, 2.45) is 7.05 Å². The second kappa shape index (κ2) is 2.54. The number of nitrogens with zero attached hydrogens (tertiary/aromatic N) is 5. The first-order valence-corrected chi connectivity index (χ1v) is 3.76. The summed E-state index contributed by atoms with van der Waals surface area (Å²) >= 11 is 0. The molecule has 0 aromatic carbocycles. The Morgan fingerprint density at radius 3 is 2.83 bits per heavy atom. The summed E-state index contributed by atoms with van der Waals surface area (Å²) in [6, 6.07) is 0. The molecule has 6 heteroatoms. The maximum Gasteiger partial charge on any atom is 0.245 e. The first-order valence-electron chi connectivity index (χ1n) is 3.76. The minimum Gasteiger partial charge on any atom is -0.332 e. The monoisotopic (exact) mass is 167 g/mol. The van der Waals surface area contributed by atoms with Gasteiger partial charge >= 0.3 is 0 Å². The SMILES string of the molecule is Cn1nnnc1N1CCC(=O)C1. The Morgan fingerprint density at radius 1 is 1.50 bits per heavy atom. The molecule has 1 saturated heterocycles. The zero-order chi connectivity index (χ0) is 8.55. The Balaban J connectivity index is 2.21. The van der Waals surface area contributed by atoms with Crippen LogP contribution in [0.25, 0.3) is 0 Å². The maximum absolute atomic E-state index is 10.9. The van der Waals surface area contributed by atoms with E-state index in [0.29, 0.717) is 18.9 Å². The Hall–Kier alpha value is -1.46. The first-order chi connectivity index (χ1) is 5.77. The van der Waals surface area contributed by atoms with E-state index in [4.69, 9.17) is 0 Å². The lowest BCUT2D eigenvalue weighted by Crippen LogP contribution is -2.23. The van der Waals surface area contributed by atoms with Gasteiger partial charge < -0.3 is 4.90 Å².